The third kappa shape index (κ3) is 3.13. The smallest absolute Gasteiger partial charge is 0.408 e. The van der Waals surface area contributed by atoms with Gasteiger partial charge in [0.25, 0.3) is 0 Å². The molecule has 0 spiro atoms. The van der Waals surface area contributed by atoms with Crippen LogP contribution in [0.3, 0.4) is 0 Å². The van der Waals surface area contributed by atoms with Crippen molar-refractivity contribution in [3.8, 4) is 11.5 Å². The van der Waals surface area contributed by atoms with Gasteiger partial charge in [-0.25, -0.2) is 4.79 Å². The Balaban J connectivity index is 1.90. The fourth-order valence-corrected chi connectivity index (χ4v) is 3.67. The van der Waals surface area contributed by atoms with Crippen LogP contribution < -0.4 is 10.1 Å². The van der Waals surface area contributed by atoms with E-state index in [1.807, 2.05) is 73.7 Å². The van der Waals surface area contributed by atoms with Gasteiger partial charge < -0.3 is 14.8 Å². The van der Waals surface area contributed by atoms with Gasteiger partial charge in [0.15, 0.2) is 0 Å². The van der Waals surface area contributed by atoms with Gasteiger partial charge in [-0.15, -0.1) is 0 Å². The van der Waals surface area contributed by atoms with Gasteiger partial charge in [0, 0.05) is 10.6 Å². The number of para-hydroxylation sites is 1. The van der Waals surface area contributed by atoms with Crippen LogP contribution in [0, 0.1) is 0 Å². The Morgan fingerprint density at radius 3 is 2.30 bits per heavy atom. The zero-order chi connectivity index (χ0) is 18.9. The summed E-state index contributed by atoms with van der Waals surface area (Å²) in [7, 11) is 0. The number of carbonyl (C=O) groups excluding carboxylic acids is 1. The summed E-state index contributed by atoms with van der Waals surface area (Å²) in [5.41, 5.74) is 0.802. The van der Waals surface area contributed by atoms with Crippen molar-refractivity contribution < 1.29 is 14.3 Å². The van der Waals surface area contributed by atoms with Crippen molar-refractivity contribution in [1.82, 2.24) is 5.32 Å². The molecule has 0 aromatic heterocycles. The predicted molar refractivity (Wildman–Crippen MR) is 104 cm³/mol. The summed E-state index contributed by atoms with van der Waals surface area (Å²) in [5, 5.41) is 3.56. The van der Waals surface area contributed by atoms with Gasteiger partial charge in [-0.3, -0.25) is 0 Å². The first kappa shape index (κ1) is 17.4. The maximum Gasteiger partial charge on any atom is 0.408 e. The van der Waals surface area contributed by atoms with Crippen LogP contribution in [0.25, 0.3) is 0 Å². The second kappa shape index (κ2) is 6.97. The second-order valence-corrected chi connectivity index (χ2v) is 6.84. The highest BCUT2D eigenvalue weighted by Crippen LogP contribution is 2.44. The maximum atomic E-state index is 12.2. The summed E-state index contributed by atoms with van der Waals surface area (Å²) in [4.78, 5) is 12.2. The standard InChI is InChI=1S/C22H18ClNO3/c1-15-22(24-21(25)26-15,16-8-4-2-5-9-16)19-13-12-17(23)14-20(19)27-18-10-6-3-7-11-18/h2-15H,1H3,(H,24,25). The number of rotatable bonds is 4. The molecule has 0 bridgehead atoms. The molecule has 1 fully saturated rings. The lowest BCUT2D eigenvalue weighted by Crippen LogP contribution is -2.45. The van der Waals surface area contributed by atoms with E-state index in [4.69, 9.17) is 21.1 Å². The van der Waals surface area contributed by atoms with Gasteiger partial charge in [-0.2, -0.15) is 0 Å². The van der Waals surface area contributed by atoms with E-state index in [0.717, 1.165) is 11.1 Å². The van der Waals surface area contributed by atoms with Crippen molar-refractivity contribution in [2.75, 3.05) is 0 Å². The molecule has 2 atom stereocenters. The minimum Gasteiger partial charge on any atom is -0.457 e. The van der Waals surface area contributed by atoms with Crippen LogP contribution in [0.4, 0.5) is 4.79 Å². The molecule has 3 aromatic carbocycles. The molecule has 27 heavy (non-hydrogen) atoms. The fourth-order valence-electron chi connectivity index (χ4n) is 3.51. The summed E-state index contributed by atoms with van der Waals surface area (Å²) in [6, 6.07) is 24.6. The Morgan fingerprint density at radius 2 is 1.67 bits per heavy atom. The number of halogens is 1. The van der Waals surface area contributed by atoms with E-state index in [1.54, 1.807) is 12.1 Å². The molecule has 0 aliphatic carbocycles. The average Bonchev–Trinajstić information content (AvgIpc) is 2.98. The summed E-state index contributed by atoms with van der Waals surface area (Å²) in [5.74, 6) is 1.25. The number of amides is 1. The van der Waals surface area contributed by atoms with Gasteiger partial charge in [-0.1, -0.05) is 66.2 Å². The van der Waals surface area contributed by atoms with E-state index in [9.17, 15) is 4.79 Å². The highest BCUT2D eigenvalue weighted by atomic mass is 35.5. The van der Waals surface area contributed by atoms with Crippen molar-refractivity contribution in [3.63, 3.8) is 0 Å². The molecule has 4 rings (SSSR count). The fraction of sp³-hybridized carbons (Fsp3) is 0.136. The number of hydrogen-bond donors (Lipinski definition) is 1. The van der Waals surface area contributed by atoms with Crippen molar-refractivity contribution in [2.24, 2.45) is 0 Å². The maximum absolute atomic E-state index is 12.2. The molecule has 1 aliphatic heterocycles. The zero-order valence-electron chi connectivity index (χ0n) is 14.7. The molecule has 1 amide bonds. The quantitative estimate of drug-likeness (QED) is 0.650. The number of alkyl carbamates (subject to hydrolysis) is 1. The van der Waals surface area contributed by atoms with Gasteiger partial charge in [0.1, 0.15) is 23.1 Å². The number of cyclic esters (lactones) is 1. The normalized spacial score (nSPS) is 21.4. The van der Waals surface area contributed by atoms with Gasteiger partial charge in [-0.05, 0) is 36.8 Å². The lowest BCUT2D eigenvalue weighted by atomic mass is 9.79. The van der Waals surface area contributed by atoms with Gasteiger partial charge in [0.2, 0.25) is 0 Å². The van der Waals surface area contributed by atoms with E-state index in [2.05, 4.69) is 5.32 Å². The van der Waals surface area contributed by atoms with Crippen molar-refractivity contribution in [2.45, 2.75) is 18.6 Å². The topological polar surface area (TPSA) is 47.6 Å². The highest BCUT2D eigenvalue weighted by molar-refractivity contribution is 6.30. The number of ether oxygens (including phenoxy) is 2. The first-order valence-electron chi connectivity index (χ1n) is 8.67. The van der Waals surface area contributed by atoms with Crippen molar-refractivity contribution >= 4 is 17.7 Å². The van der Waals surface area contributed by atoms with Crippen LogP contribution >= 0.6 is 11.6 Å². The monoisotopic (exact) mass is 379 g/mol. The van der Waals surface area contributed by atoms with E-state index in [1.165, 1.54) is 0 Å². The molecule has 3 aromatic rings. The Kier molecular flexibility index (Phi) is 4.50. The molecule has 1 aliphatic rings. The Bertz CT molecular complexity index is 962. The first-order valence-corrected chi connectivity index (χ1v) is 9.04. The Hall–Kier alpha value is -2.98. The molecule has 1 heterocycles. The minimum absolute atomic E-state index is 0.438. The van der Waals surface area contributed by atoms with Crippen molar-refractivity contribution in [1.29, 1.82) is 0 Å². The summed E-state index contributed by atoms with van der Waals surface area (Å²) < 4.78 is 11.6. The van der Waals surface area contributed by atoms with Crippen LogP contribution in [-0.4, -0.2) is 12.2 Å². The third-order valence-corrected chi connectivity index (χ3v) is 5.00. The number of hydrogen-bond acceptors (Lipinski definition) is 3. The summed E-state index contributed by atoms with van der Waals surface area (Å²) >= 11 is 6.25. The molecule has 4 nitrogen and oxygen atoms in total. The van der Waals surface area contributed by atoms with Crippen LogP contribution in [0.5, 0.6) is 11.5 Å². The highest BCUT2D eigenvalue weighted by Gasteiger charge is 2.50. The first-order chi connectivity index (χ1) is 13.1. The van der Waals surface area contributed by atoms with Crippen LogP contribution in [0.15, 0.2) is 78.9 Å². The number of benzene rings is 3. The zero-order valence-corrected chi connectivity index (χ0v) is 15.4. The lowest BCUT2D eigenvalue weighted by Gasteiger charge is -2.33. The average molecular weight is 380 g/mol. The molecule has 136 valence electrons. The van der Waals surface area contributed by atoms with Gasteiger partial charge in [0.05, 0.1) is 0 Å². The lowest BCUT2D eigenvalue weighted by molar-refractivity contribution is 0.129. The molecule has 1 saturated heterocycles. The number of carbonyl (C=O) groups is 1. The molecule has 5 heteroatoms. The second-order valence-electron chi connectivity index (χ2n) is 6.40. The predicted octanol–water partition coefficient (Wildman–Crippen LogP) is 5.50. The van der Waals surface area contributed by atoms with Gasteiger partial charge >= 0.3 is 6.09 Å². The largest absolute Gasteiger partial charge is 0.457 e. The molecule has 1 N–H and O–H groups in total. The molecule has 2 unspecified atom stereocenters. The molecular weight excluding hydrogens is 362 g/mol. The Labute approximate surface area is 162 Å². The third-order valence-electron chi connectivity index (χ3n) is 4.76. The molecular formula is C22H18ClNO3. The summed E-state index contributed by atoms with van der Waals surface area (Å²) in [6.45, 7) is 1.87. The van der Waals surface area contributed by atoms with E-state index >= 15 is 0 Å². The minimum atomic E-state index is -0.882. The van der Waals surface area contributed by atoms with E-state index in [0.29, 0.717) is 16.5 Å². The van der Waals surface area contributed by atoms with Crippen LogP contribution in [0.1, 0.15) is 18.1 Å². The molecule has 0 saturated carbocycles. The van der Waals surface area contributed by atoms with E-state index < -0.39 is 17.7 Å². The van der Waals surface area contributed by atoms with Crippen molar-refractivity contribution in [3.05, 3.63) is 95.0 Å². The molecule has 0 radical (unpaired) electrons. The van der Waals surface area contributed by atoms with Crippen LogP contribution in [-0.2, 0) is 10.3 Å². The SMILES string of the molecule is CC1OC(=O)NC1(c1ccccc1)c1ccc(Cl)cc1Oc1ccccc1. The van der Waals surface area contributed by atoms with Crippen LogP contribution in [0.2, 0.25) is 5.02 Å². The number of nitrogens with one attached hydrogen (secondary N) is 1. The van der Waals surface area contributed by atoms with E-state index in [-0.39, 0.29) is 0 Å². The summed E-state index contributed by atoms with van der Waals surface area (Å²) in [6.07, 6.45) is -0.904. The Morgan fingerprint density at radius 1 is 1.00 bits per heavy atom.